The molecule has 0 unspecified atom stereocenters. The van der Waals surface area contributed by atoms with Crippen molar-refractivity contribution in [3.05, 3.63) is 175 Å². The highest BCUT2D eigenvalue weighted by atomic mass is 15.2. The molecule has 0 fully saturated rings. The van der Waals surface area contributed by atoms with Crippen LogP contribution in [0.25, 0.3) is 44.1 Å². The van der Waals surface area contributed by atoms with Crippen molar-refractivity contribution in [1.82, 2.24) is 4.48 Å². The van der Waals surface area contributed by atoms with Crippen LogP contribution in [-0.2, 0) is 5.41 Å². The Bertz CT molecular complexity index is 2450. The van der Waals surface area contributed by atoms with E-state index in [1.807, 2.05) is 0 Å². The Kier molecular flexibility index (Phi) is 5.75. The molecule has 0 spiro atoms. The molecule has 0 aliphatic carbocycles. The lowest BCUT2D eigenvalue weighted by molar-refractivity contribution is 0.632. The largest absolute Gasteiger partial charge is 0.375 e. The monoisotopic (exact) mass is 612 g/mol. The van der Waals surface area contributed by atoms with Crippen molar-refractivity contribution in [2.45, 2.75) is 19.3 Å². The number of benzene rings is 7. The van der Waals surface area contributed by atoms with Gasteiger partial charge >= 0.3 is 6.85 Å². The number of rotatable bonds is 3. The molecule has 10 rings (SSSR count). The highest BCUT2D eigenvalue weighted by Crippen LogP contribution is 2.52. The van der Waals surface area contributed by atoms with Gasteiger partial charge in [-0.1, -0.05) is 166 Å². The Balaban J connectivity index is 1.40. The van der Waals surface area contributed by atoms with E-state index >= 15 is 0 Å². The molecule has 0 saturated heterocycles. The minimum Gasteiger partial charge on any atom is -0.375 e. The lowest BCUT2D eigenvalue weighted by Crippen LogP contribution is -2.56. The number of hydrogen-bond acceptors (Lipinski definition) is 1. The lowest BCUT2D eigenvalue weighted by Gasteiger charge is -2.47. The Hall–Kier alpha value is -5.80. The second-order valence-corrected chi connectivity index (χ2v) is 13.7. The molecule has 2 aliphatic rings. The Morgan fingerprint density at radius 1 is 0.438 bits per heavy atom. The molecule has 48 heavy (non-hydrogen) atoms. The molecule has 0 atom stereocenters. The van der Waals surface area contributed by atoms with Crippen molar-refractivity contribution in [3.63, 3.8) is 0 Å². The fourth-order valence-electron chi connectivity index (χ4n) is 8.73. The third-order valence-corrected chi connectivity index (χ3v) is 10.8. The first-order valence-electron chi connectivity index (χ1n) is 16.9. The Labute approximate surface area is 281 Å². The summed E-state index contributed by atoms with van der Waals surface area (Å²) < 4.78 is 2.69. The molecule has 2 aliphatic heterocycles. The van der Waals surface area contributed by atoms with Crippen molar-refractivity contribution in [1.29, 1.82) is 0 Å². The van der Waals surface area contributed by atoms with Gasteiger partial charge in [0.2, 0.25) is 0 Å². The molecule has 7 aromatic carbocycles. The van der Waals surface area contributed by atoms with Gasteiger partial charge in [0.05, 0.1) is 5.69 Å². The minimum atomic E-state index is -0.152. The average molecular weight is 613 g/mol. The molecule has 226 valence electrons. The molecule has 0 N–H and O–H groups in total. The first-order chi connectivity index (χ1) is 23.6. The van der Waals surface area contributed by atoms with Gasteiger partial charge in [0.25, 0.3) is 0 Å². The molecular weight excluding hydrogens is 579 g/mol. The van der Waals surface area contributed by atoms with E-state index in [0.29, 0.717) is 0 Å². The van der Waals surface area contributed by atoms with Gasteiger partial charge in [-0.05, 0) is 45.3 Å². The van der Waals surface area contributed by atoms with Gasteiger partial charge in [-0.3, -0.25) is 0 Å². The van der Waals surface area contributed by atoms with Crippen LogP contribution in [0.4, 0.5) is 17.1 Å². The maximum Gasteiger partial charge on any atom is 0.332 e. The molecule has 0 radical (unpaired) electrons. The van der Waals surface area contributed by atoms with Crippen LogP contribution in [0, 0.1) is 0 Å². The summed E-state index contributed by atoms with van der Waals surface area (Å²) in [5.41, 5.74) is 16.5. The van der Waals surface area contributed by atoms with E-state index in [2.05, 4.69) is 187 Å². The smallest absolute Gasteiger partial charge is 0.332 e. The summed E-state index contributed by atoms with van der Waals surface area (Å²) in [5.74, 6) is 0. The van der Waals surface area contributed by atoms with E-state index in [-0.39, 0.29) is 12.3 Å². The minimum absolute atomic E-state index is 0.0526. The van der Waals surface area contributed by atoms with Crippen LogP contribution < -0.4 is 15.8 Å². The van der Waals surface area contributed by atoms with Gasteiger partial charge in [-0.2, -0.15) is 0 Å². The number of fused-ring (bicyclic) bond motifs is 7. The average Bonchev–Trinajstić information content (AvgIpc) is 3.48. The van der Waals surface area contributed by atoms with Crippen LogP contribution in [0.5, 0.6) is 0 Å². The first-order valence-corrected chi connectivity index (χ1v) is 16.9. The highest BCUT2D eigenvalue weighted by Gasteiger charge is 2.45. The molecule has 8 aromatic rings. The van der Waals surface area contributed by atoms with Crippen LogP contribution in [0.1, 0.15) is 25.0 Å². The standard InChI is InChI=1S/C45H33BN2/c1-45(2)36-24-9-11-28-40(36)47-41-29-12-10-26-38(41)46(39-27-15-25-37(45)44(39)47)48-42-32(30-16-5-3-6-17-30)20-13-22-34(42)35-23-14-21-33(43(35)48)31-18-7-4-8-19-31/h3-29H,1-2H3. The maximum absolute atomic E-state index is 2.69. The summed E-state index contributed by atoms with van der Waals surface area (Å²) in [6.07, 6.45) is 0. The summed E-state index contributed by atoms with van der Waals surface area (Å²) in [6, 6.07) is 60.6. The molecule has 2 nitrogen and oxygen atoms in total. The molecule has 3 heterocycles. The zero-order valence-electron chi connectivity index (χ0n) is 27.1. The number of aromatic nitrogens is 1. The van der Waals surface area contributed by atoms with Gasteiger partial charge in [0.1, 0.15) is 0 Å². The number of nitrogens with zero attached hydrogens (tertiary/aromatic N) is 2. The summed E-state index contributed by atoms with van der Waals surface area (Å²) in [7, 11) is 0. The van der Waals surface area contributed by atoms with Gasteiger partial charge in [0, 0.05) is 49.7 Å². The summed E-state index contributed by atoms with van der Waals surface area (Å²) in [6.45, 7) is 4.72. The van der Waals surface area contributed by atoms with Crippen LogP contribution >= 0.6 is 0 Å². The fourth-order valence-corrected chi connectivity index (χ4v) is 8.73. The van der Waals surface area contributed by atoms with E-state index < -0.39 is 0 Å². The summed E-state index contributed by atoms with van der Waals surface area (Å²) >= 11 is 0. The van der Waals surface area contributed by atoms with Crippen molar-refractivity contribution in [2.75, 3.05) is 4.90 Å². The summed E-state index contributed by atoms with van der Waals surface area (Å²) in [5, 5.41) is 2.55. The zero-order chi connectivity index (χ0) is 32.0. The third-order valence-electron chi connectivity index (χ3n) is 10.8. The third kappa shape index (κ3) is 3.65. The van der Waals surface area contributed by atoms with E-state index in [1.165, 1.54) is 83.2 Å². The van der Waals surface area contributed by atoms with Gasteiger partial charge in [-0.25, -0.2) is 0 Å². The lowest BCUT2D eigenvalue weighted by atomic mass is 9.46. The van der Waals surface area contributed by atoms with Crippen molar-refractivity contribution >= 4 is 56.6 Å². The number of anilines is 3. The molecule has 0 saturated carbocycles. The Morgan fingerprint density at radius 2 is 0.938 bits per heavy atom. The topological polar surface area (TPSA) is 8.17 Å². The van der Waals surface area contributed by atoms with Crippen LogP contribution in [0.15, 0.2) is 164 Å². The normalized spacial score (nSPS) is 14.1. The second-order valence-electron chi connectivity index (χ2n) is 13.7. The molecule has 1 aromatic heterocycles. The quantitative estimate of drug-likeness (QED) is 0.180. The van der Waals surface area contributed by atoms with Crippen LogP contribution in [0.3, 0.4) is 0 Å². The zero-order valence-corrected chi connectivity index (χ0v) is 27.1. The van der Waals surface area contributed by atoms with Crippen LogP contribution in [0.2, 0.25) is 0 Å². The maximum atomic E-state index is 2.69. The molecule has 3 heteroatoms. The highest BCUT2D eigenvalue weighted by molar-refractivity contribution is 6.88. The van der Waals surface area contributed by atoms with E-state index in [9.17, 15) is 0 Å². The van der Waals surface area contributed by atoms with Crippen LogP contribution in [-0.4, -0.2) is 11.3 Å². The number of hydrogen-bond donors (Lipinski definition) is 0. The van der Waals surface area contributed by atoms with Gasteiger partial charge in [-0.15, -0.1) is 0 Å². The molecule has 0 amide bonds. The van der Waals surface area contributed by atoms with E-state index in [0.717, 1.165) is 0 Å². The fraction of sp³-hybridized carbons (Fsp3) is 0.0667. The summed E-state index contributed by atoms with van der Waals surface area (Å²) in [4.78, 5) is 2.54. The predicted octanol–water partition coefficient (Wildman–Crippen LogP) is 10.2. The SMILES string of the molecule is CC1(C)c2ccccc2N2c3ccccc3B(n3c4c(-c5ccccc5)cccc4c4cccc(-c5ccccc5)c43)c3cccc1c32. The predicted molar refractivity (Wildman–Crippen MR) is 204 cm³/mol. The molecule has 0 bridgehead atoms. The van der Waals surface area contributed by atoms with E-state index in [1.54, 1.807) is 0 Å². The van der Waals surface area contributed by atoms with Crippen molar-refractivity contribution in [2.24, 2.45) is 0 Å². The second kappa shape index (κ2) is 10.1. The Morgan fingerprint density at radius 3 is 1.58 bits per heavy atom. The van der Waals surface area contributed by atoms with Crippen molar-refractivity contribution in [3.8, 4) is 22.3 Å². The van der Waals surface area contributed by atoms with E-state index in [4.69, 9.17) is 0 Å². The van der Waals surface area contributed by atoms with Crippen molar-refractivity contribution < 1.29 is 0 Å². The molecular formula is C45H33BN2. The first kappa shape index (κ1) is 27.3. The van der Waals surface area contributed by atoms with Gasteiger partial charge in [0.15, 0.2) is 0 Å². The van der Waals surface area contributed by atoms with Gasteiger partial charge < -0.3 is 9.38 Å². The number of para-hydroxylation sites is 5.